The normalized spacial score (nSPS) is 14.7. The molecule has 1 fully saturated rings. The van der Waals surface area contributed by atoms with E-state index in [4.69, 9.17) is 4.74 Å². The Morgan fingerprint density at radius 2 is 2.09 bits per heavy atom. The molecule has 2 aromatic rings. The number of imidazole rings is 1. The van der Waals surface area contributed by atoms with Crippen LogP contribution in [0.2, 0.25) is 0 Å². The van der Waals surface area contributed by atoms with Gasteiger partial charge in [0.1, 0.15) is 11.6 Å². The van der Waals surface area contributed by atoms with E-state index in [0.29, 0.717) is 17.2 Å². The molecule has 0 radical (unpaired) electrons. The Morgan fingerprint density at radius 3 is 2.78 bits per heavy atom. The van der Waals surface area contributed by atoms with Crippen LogP contribution in [0.15, 0.2) is 30.5 Å². The van der Waals surface area contributed by atoms with E-state index in [0.717, 1.165) is 31.9 Å². The van der Waals surface area contributed by atoms with Crippen LogP contribution >= 0.6 is 0 Å². The molecule has 0 N–H and O–H groups in total. The zero-order chi connectivity index (χ0) is 16.4. The molecule has 0 unspecified atom stereocenters. The highest BCUT2D eigenvalue weighted by atomic mass is 16.5. The molecule has 5 heteroatoms. The maximum absolute atomic E-state index is 12.6. The molecule has 122 valence electrons. The summed E-state index contributed by atoms with van der Waals surface area (Å²) in [5, 5.41) is 0. The van der Waals surface area contributed by atoms with E-state index in [1.165, 1.54) is 5.69 Å². The largest absolute Gasteiger partial charge is 0.496 e. The molecule has 0 saturated carbocycles. The lowest BCUT2D eigenvalue weighted by Crippen LogP contribution is -2.49. The summed E-state index contributed by atoms with van der Waals surface area (Å²) in [6.07, 6.45) is 3.01. The smallest absolute Gasteiger partial charge is 0.257 e. The van der Waals surface area contributed by atoms with Crippen molar-refractivity contribution in [3.8, 4) is 5.75 Å². The molecule has 23 heavy (non-hydrogen) atoms. The number of hydrogen-bond acceptors (Lipinski definition) is 3. The minimum atomic E-state index is 0.0315. The van der Waals surface area contributed by atoms with Crippen LogP contribution in [-0.2, 0) is 6.54 Å². The Hall–Kier alpha value is -2.30. The average molecular weight is 313 g/mol. The van der Waals surface area contributed by atoms with E-state index in [1.807, 2.05) is 35.4 Å². The predicted octanol–water partition coefficient (Wildman–Crippen LogP) is 2.85. The molecule has 1 saturated heterocycles. The molecule has 1 aliphatic heterocycles. The van der Waals surface area contributed by atoms with E-state index in [2.05, 4.69) is 23.4 Å². The molecule has 0 spiro atoms. The number of para-hydroxylation sites is 1. The van der Waals surface area contributed by atoms with Crippen LogP contribution < -0.4 is 4.74 Å². The molecule has 1 aromatic heterocycles. The molecule has 1 aliphatic rings. The summed E-state index contributed by atoms with van der Waals surface area (Å²) in [5.74, 6) is 2.09. The second-order valence-corrected chi connectivity index (χ2v) is 6.02. The summed E-state index contributed by atoms with van der Waals surface area (Å²) in [5.41, 5.74) is 1.82. The summed E-state index contributed by atoms with van der Waals surface area (Å²) in [6.45, 7) is 6.68. The fourth-order valence-corrected chi connectivity index (χ4v) is 3.12. The summed E-state index contributed by atoms with van der Waals surface area (Å²) in [4.78, 5) is 19.0. The average Bonchev–Trinajstić information content (AvgIpc) is 2.87. The van der Waals surface area contributed by atoms with E-state index < -0.39 is 0 Å². The van der Waals surface area contributed by atoms with Gasteiger partial charge in [-0.2, -0.15) is 0 Å². The fraction of sp³-hybridized carbons (Fsp3) is 0.444. The number of nitrogens with zero attached hydrogens (tertiary/aromatic N) is 3. The number of carbonyl (C=O) groups is 1. The van der Waals surface area contributed by atoms with Gasteiger partial charge < -0.3 is 14.2 Å². The summed E-state index contributed by atoms with van der Waals surface area (Å²) in [7, 11) is 1.59. The molecule has 3 rings (SSSR count). The van der Waals surface area contributed by atoms with Crippen LogP contribution in [0.4, 0.5) is 0 Å². The van der Waals surface area contributed by atoms with Crippen molar-refractivity contribution >= 4 is 5.91 Å². The topological polar surface area (TPSA) is 47.4 Å². The van der Waals surface area contributed by atoms with Gasteiger partial charge in [-0.05, 0) is 25.5 Å². The third kappa shape index (κ3) is 2.83. The minimum absolute atomic E-state index is 0.0315. The van der Waals surface area contributed by atoms with Crippen molar-refractivity contribution in [2.24, 2.45) is 0 Å². The number of hydrogen-bond donors (Lipinski definition) is 0. The Morgan fingerprint density at radius 1 is 1.35 bits per heavy atom. The van der Waals surface area contributed by atoms with Crippen LogP contribution in [0.5, 0.6) is 5.75 Å². The summed E-state index contributed by atoms with van der Waals surface area (Å²) < 4.78 is 7.56. The van der Waals surface area contributed by atoms with Crippen molar-refractivity contribution < 1.29 is 9.53 Å². The highest BCUT2D eigenvalue weighted by Gasteiger charge is 2.35. The first kappa shape index (κ1) is 15.6. The van der Waals surface area contributed by atoms with E-state index in [9.17, 15) is 4.79 Å². The van der Waals surface area contributed by atoms with Gasteiger partial charge in [0.2, 0.25) is 0 Å². The standard InChI is InChI=1S/C18H23N3O2/c1-4-9-21-13(2)10-19-17(21)14-11-20(12-14)18(22)15-7-5-6-8-16(15)23-3/h5-8,10,14H,4,9,11-12H2,1-3H3. The SMILES string of the molecule is CCCn1c(C)cnc1C1CN(C(=O)c2ccccc2OC)C1. The number of ether oxygens (including phenoxy) is 1. The Bertz CT molecular complexity index is 702. The number of rotatable bonds is 5. The second kappa shape index (κ2) is 6.44. The number of carbonyl (C=O) groups excluding carboxylic acids is 1. The van der Waals surface area contributed by atoms with Crippen LogP contribution in [0, 0.1) is 6.92 Å². The highest BCUT2D eigenvalue weighted by Crippen LogP contribution is 2.30. The van der Waals surface area contributed by atoms with Gasteiger partial charge >= 0.3 is 0 Å². The van der Waals surface area contributed by atoms with Gasteiger partial charge in [-0.15, -0.1) is 0 Å². The van der Waals surface area contributed by atoms with Crippen molar-refractivity contribution in [1.29, 1.82) is 0 Å². The lowest BCUT2D eigenvalue weighted by Gasteiger charge is -2.39. The number of amides is 1. The monoisotopic (exact) mass is 313 g/mol. The Balaban J connectivity index is 1.70. The molecule has 0 atom stereocenters. The second-order valence-electron chi connectivity index (χ2n) is 6.02. The van der Waals surface area contributed by atoms with Crippen molar-refractivity contribution in [2.75, 3.05) is 20.2 Å². The van der Waals surface area contributed by atoms with Gasteiger partial charge in [0.15, 0.2) is 0 Å². The van der Waals surface area contributed by atoms with Gasteiger partial charge in [0.25, 0.3) is 5.91 Å². The molecular formula is C18H23N3O2. The van der Waals surface area contributed by atoms with Crippen molar-refractivity contribution in [2.45, 2.75) is 32.7 Å². The zero-order valence-electron chi connectivity index (χ0n) is 14.0. The quantitative estimate of drug-likeness (QED) is 0.853. The third-order valence-corrected chi connectivity index (χ3v) is 4.40. The molecular weight excluding hydrogens is 290 g/mol. The zero-order valence-corrected chi connectivity index (χ0v) is 14.0. The van der Waals surface area contributed by atoms with Crippen molar-refractivity contribution in [1.82, 2.24) is 14.5 Å². The highest BCUT2D eigenvalue weighted by molar-refractivity contribution is 5.97. The van der Waals surface area contributed by atoms with Crippen LogP contribution in [0.3, 0.4) is 0 Å². The van der Waals surface area contributed by atoms with Gasteiger partial charge in [-0.1, -0.05) is 19.1 Å². The number of methoxy groups -OCH3 is 1. The minimum Gasteiger partial charge on any atom is -0.496 e. The Kier molecular flexibility index (Phi) is 4.37. The van der Waals surface area contributed by atoms with Gasteiger partial charge in [0, 0.05) is 31.5 Å². The Labute approximate surface area is 136 Å². The van der Waals surface area contributed by atoms with E-state index in [-0.39, 0.29) is 5.91 Å². The molecule has 0 bridgehead atoms. The maximum Gasteiger partial charge on any atom is 0.257 e. The summed E-state index contributed by atoms with van der Waals surface area (Å²) in [6, 6.07) is 7.38. The lowest BCUT2D eigenvalue weighted by atomic mass is 9.97. The number of aromatic nitrogens is 2. The van der Waals surface area contributed by atoms with Gasteiger partial charge in [-0.25, -0.2) is 4.98 Å². The molecule has 5 nitrogen and oxygen atoms in total. The molecule has 0 aliphatic carbocycles. The maximum atomic E-state index is 12.6. The molecule has 2 heterocycles. The number of likely N-dealkylation sites (tertiary alicyclic amines) is 1. The van der Waals surface area contributed by atoms with Crippen LogP contribution in [0.25, 0.3) is 0 Å². The first-order valence-electron chi connectivity index (χ1n) is 8.10. The first-order chi connectivity index (χ1) is 11.2. The fourth-order valence-electron chi connectivity index (χ4n) is 3.12. The van der Waals surface area contributed by atoms with E-state index in [1.54, 1.807) is 7.11 Å². The molecule has 1 aromatic carbocycles. The number of benzene rings is 1. The van der Waals surface area contributed by atoms with E-state index >= 15 is 0 Å². The van der Waals surface area contributed by atoms with Crippen molar-refractivity contribution in [3.05, 3.63) is 47.5 Å². The lowest BCUT2D eigenvalue weighted by molar-refractivity contribution is 0.0587. The number of aryl methyl sites for hydroxylation is 1. The van der Waals surface area contributed by atoms with Crippen molar-refractivity contribution in [3.63, 3.8) is 0 Å². The molecule has 1 amide bonds. The van der Waals surface area contributed by atoms with Crippen LogP contribution in [0.1, 0.15) is 41.1 Å². The van der Waals surface area contributed by atoms with Gasteiger partial charge in [-0.3, -0.25) is 4.79 Å². The summed E-state index contributed by atoms with van der Waals surface area (Å²) >= 11 is 0. The van der Waals surface area contributed by atoms with Gasteiger partial charge in [0.05, 0.1) is 18.6 Å². The predicted molar refractivity (Wildman–Crippen MR) is 88.9 cm³/mol. The first-order valence-corrected chi connectivity index (χ1v) is 8.10. The van der Waals surface area contributed by atoms with Crippen LogP contribution in [-0.4, -0.2) is 40.6 Å². The third-order valence-electron chi connectivity index (χ3n) is 4.40.